The van der Waals surface area contributed by atoms with Crippen LogP contribution in [-0.4, -0.2) is 34.9 Å². The second kappa shape index (κ2) is 9.11. The Morgan fingerprint density at radius 1 is 1.21 bits per heavy atom. The van der Waals surface area contributed by atoms with Crippen molar-refractivity contribution in [3.63, 3.8) is 0 Å². The fraction of sp³-hybridized carbons (Fsp3) is 0.190. The number of carbonyl (C=O) groups is 2. The molecule has 29 heavy (non-hydrogen) atoms. The van der Waals surface area contributed by atoms with Gasteiger partial charge in [0, 0.05) is 5.56 Å². The van der Waals surface area contributed by atoms with Gasteiger partial charge in [0.1, 0.15) is 0 Å². The van der Waals surface area contributed by atoms with Crippen LogP contribution in [0.1, 0.15) is 28.4 Å². The van der Waals surface area contributed by atoms with Crippen LogP contribution in [0, 0.1) is 6.92 Å². The maximum atomic E-state index is 12.8. The number of hydrazine groups is 1. The summed E-state index contributed by atoms with van der Waals surface area (Å²) in [4.78, 5) is 25.6. The van der Waals surface area contributed by atoms with Crippen molar-refractivity contribution in [3.05, 3.63) is 64.1 Å². The number of ether oxygens (including phenoxy) is 2. The maximum Gasteiger partial charge on any atom is 0.285 e. The van der Waals surface area contributed by atoms with Gasteiger partial charge in [-0.2, -0.15) is 5.01 Å². The highest BCUT2D eigenvalue weighted by atomic mass is 32.2. The molecule has 0 saturated carbocycles. The van der Waals surface area contributed by atoms with Gasteiger partial charge >= 0.3 is 0 Å². The summed E-state index contributed by atoms with van der Waals surface area (Å²) in [6, 6.07) is 12.4. The summed E-state index contributed by atoms with van der Waals surface area (Å²) in [5, 5.41) is 1.10. The molecule has 0 aliphatic carbocycles. The molecule has 6 nitrogen and oxygen atoms in total. The quantitative estimate of drug-likeness (QED) is 0.555. The van der Waals surface area contributed by atoms with E-state index in [1.54, 1.807) is 37.5 Å². The fourth-order valence-electron chi connectivity index (χ4n) is 2.64. The number of methoxy groups -OCH3 is 1. The van der Waals surface area contributed by atoms with Gasteiger partial charge in [-0.1, -0.05) is 35.5 Å². The Hall–Kier alpha value is -2.84. The number of thiocarbonyl (C=S) groups is 1. The van der Waals surface area contributed by atoms with Gasteiger partial charge in [0.2, 0.25) is 0 Å². The van der Waals surface area contributed by atoms with E-state index in [9.17, 15) is 9.59 Å². The lowest BCUT2D eigenvalue weighted by Gasteiger charge is -2.15. The highest BCUT2D eigenvalue weighted by Crippen LogP contribution is 2.34. The zero-order chi connectivity index (χ0) is 21.0. The number of nitrogens with zero attached hydrogens (tertiary/aromatic N) is 1. The maximum absolute atomic E-state index is 12.8. The molecule has 2 aromatic carbocycles. The summed E-state index contributed by atoms with van der Waals surface area (Å²) in [7, 11) is 1.57. The van der Waals surface area contributed by atoms with E-state index >= 15 is 0 Å². The number of carbonyl (C=O) groups excluding carboxylic acids is 2. The molecule has 0 spiro atoms. The standard InChI is InChI=1S/C21H20N2O4S2/c1-4-27-17-11-14(7-10-16(17)26-3)12-18-20(25)23(21(28)29-18)22-19(24)15-8-5-13(2)6-9-15/h5-12H,4H2,1-3H3,(H,22,24)/b18-12-. The highest BCUT2D eigenvalue weighted by Gasteiger charge is 2.33. The third-order valence-corrected chi connectivity index (χ3v) is 5.41. The predicted molar refractivity (Wildman–Crippen MR) is 118 cm³/mol. The molecule has 1 heterocycles. The monoisotopic (exact) mass is 428 g/mol. The summed E-state index contributed by atoms with van der Waals surface area (Å²) in [6.45, 7) is 4.31. The second-order valence-corrected chi connectivity index (χ2v) is 7.84. The largest absolute Gasteiger partial charge is 0.493 e. The number of benzene rings is 2. The van der Waals surface area contributed by atoms with Gasteiger partial charge < -0.3 is 9.47 Å². The van der Waals surface area contributed by atoms with Crippen LogP contribution in [0.5, 0.6) is 11.5 Å². The molecule has 1 N–H and O–H groups in total. The average Bonchev–Trinajstić information content (AvgIpc) is 2.96. The van der Waals surface area contributed by atoms with Crippen molar-refractivity contribution in [3.8, 4) is 11.5 Å². The second-order valence-electron chi connectivity index (χ2n) is 6.17. The van der Waals surface area contributed by atoms with E-state index in [4.69, 9.17) is 21.7 Å². The van der Waals surface area contributed by atoms with Crippen LogP contribution in [0.3, 0.4) is 0 Å². The van der Waals surface area contributed by atoms with E-state index in [1.165, 1.54) is 0 Å². The Bertz CT molecular complexity index is 987. The van der Waals surface area contributed by atoms with E-state index in [2.05, 4.69) is 5.43 Å². The first-order valence-electron chi connectivity index (χ1n) is 8.89. The molecule has 0 unspecified atom stereocenters. The van der Waals surface area contributed by atoms with Gasteiger partial charge in [0.25, 0.3) is 11.8 Å². The number of hydrogen-bond acceptors (Lipinski definition) is 6. The number of amides is 2. The highest BCUT2D eigenvalue weighted by molar-refractivity contribution is 8.26. The molecule has 8 heteroatoms. The summed E-state index contributed by atoms with van der Waals surface area (Å²) in [6.07, 6.45) is 1.71. The first-order chi connectivity index (χ1) is 13.9. The van der Waals surface area contributed by atoms with Crippen LogP contribution in [0.4, 0.5) is 0 Å². The fourth-order valence-corrected chi connectivity index (χ4v) is 3.82. The van der Waals surface area contributed by atoms with E-state index in [0.29, 0.717) is 28.6 Å². The van der Waals surface area contributed by atoms with Gasteiger partial charge in [-0.05, 0) is 62.0 Å². The topological polar surface area (TPSA) is 67.9 Å². The molecule has 2 amide bonds. The van der Waals surface area contributed by atoms with Crippen molar-refractivity contribution in [2.75, 3.05) is 13.7 Å². The average molecular weight is 429 g/mol. The predicted octanol–water partition coefficient (Wildman–Crippen LogP) is 3.95. The van der Waals surface area contributed by atoms with Gasteiger partial charge in [0.15, 0.2) is 15.8 Å². The molecule has 1 saturated heterocycles. The van der Waals surface area contributed by atoms with Crippen molar-refractivity contribution in [2.24, 2.45) is 0 Å². The normalized spacial score (nSPS) is 15.0. The zero-order valence-corrected chi connectivity index (χ0v) is 17.9. The molecule has 0 bridgehead atoms. The van der Waals surface area contributed by atoms with Crippen LogP contribution in [0.2, 0.25) is 0 Å². The smallest absolute Gasteiger partial charge is 0.285 e. The number of rotatable bonds is 6. The van der Waals surface area contributed by atoms with E-state index in [1.807, 2.05) is 32.0 Å². The number of thioether (sulfide) groups is 1. The summed E-state index contributed by atoms with van der Waals surface area (Å²) in [5.74, 6) is 0.425. The Balaban J connectivity index is 1.78. The van der Waals surface area contributed by atoms with Crippen LogP contribution in [-0.2, 0) is 4.79 Å². The van der Waals surface area contributed by atoms with E-state index in [-0.39, 0.29) is 10.2 Å². The van der Waals surface area contributed by atoms with Crippen molar-refractivity contribution in [1.29, 1.82) is 0 Å². The SMILES string of the molecule is CCOc1cc(/C=C2\SC(=S)N(NC(=O)c3ccc(C)cc3)C2=O)ccc1OC. The summed E-state index contributed by atoms with van der Waals surface area (Å²) < 4.78 is 11.1. The first-order valence-corrected chi connectivity index (χ1v) is 10.1. The number of aryl methyl sites for hydroxylation is 1. The van der Waals surface area contributed by atoms with Crippen molar-refractivity contribution in [2.45, 2.75) is 13.8 Å². The van der Waals surface area contributed by atoms with Crippen LogP contribution in [0.15, 0.2) is 47.4 Å². The summed E-state index contributed by atoms with van der Waals surface area (Å²) in [5.41, 5.74) is 4.83. The Kier molecular flexibility index (Phi) is 6.56. The lowest BCUT2D eigenvalue weighted by Crippen LogP contribution is -2.44. The molecule has 1 fully saturated rings. The Labute approximate surface area is 178 Å². The van der Waals surface area contributed by atoms with Crippen LogP contribution >= 0.6 is 24.0 Å². The van der Waals surface area contributed by atoms with Gasteiger partial charge in [-0.25, -0.2) is 0 Å². The lowest BCUT2D eigenvalue weighted by atomic mass is 10.1. The minimum atomic E-state index is -0.398. The molecule has 0 atom stereocenters. The molecular weight excluding hydrogens is 408 g/mol. The third-order valence-electron chi connectivity index (χ3n) is 4.11. The number of nitrogens with one attached hydrogen (secondary N) is 1. The van der Waals surface area contributed by atoms with E-state index < -0.39 is 5.91 Å². The molecule has 2 aromatic rings. The third kappa shape index (κ3) is 4.78. The minimum absolute atomic E-state index is 0.264. The van der Waals surface area contributed by atoms with Crippen LogP contribution in [0.25, 0.3) is 6.08 Å². The summed E-state index contributed by atoms with van der Waals surface area (Å²) >= 11 is 6.40. The van der Waals surface area contributed by atoms with Crippen LogP contribution < -0.4 is 14.9 Å². The van der Waals surface area contributed by atoms with Crippen molar-refractivity contribution < 1.29 is 19.1 Å². The lowest BCUT2D eigenvalue weighted by molar-refractivity contribution is -0.123. The van der Waals surface area contributed by atoms with Gasteiger partial charge in [-0.3, -0.25) is 15.0 Å². The van der Waals surface area contributed by atoms with Crippen molar-refractivity contribution in [1.82, 2.24) is 10.4 Å². The van der Waals surface area contributed by atoms with Gasteiger partial charge in [-0.15, -0.1) is 0 Å². The molecule has 1 aliphatic rings. The molecule has 0 radical (unpaired) electrons. The van der Waals surface area contributed by atoms with Crippen molar-refractivity contribution >= 4 is 46.2 Å². The molecule has 3 rings (SSSR count). The number of hydrogen-bond donors (Lipinski definition) is 1. The molecule has 1 aliphatic heterocycles. The zero-order valence-electron chi connectivity index (χ0n) is 16.2. The molecule has 0 aromatic heterocycles. The molecular formula is C21H20N2O4S2. The molecule has 150 valence electrons. The first kappa shape index (κ1) is 20.9. The van der Waals surface area contributed by atoms with E-state index in [0.717, 1.165) is 27.9 Å². The minimum Gasteiger partial charge on any atom is -0.493 e. The Morgan fingerprint density at radius 2 is 1.93 bits per heavy atom. The van der Waals surface area contributed by atoms with Gasteiger partial charge in [0.05, 0.1) is 18.6 Å². The Morgan fingerprint density at radius 3 is 2.59 bits per heavy atom.